The van der Waals surface area contributed by atoms with Crippen molar-refractivity contribution in [3.8, 4) is 0 Å². The van der Waals surface area contributed by atoms with Crippen molar-refractivity contribution < 1.29 is 13.9 Å². The van der Waals surface area contributed by atoms with E-state index in [4.69, 9.17) is 10.5 Å². The van der Waals surface area contributed by atoms with Crippen LogP contribution in [0.2, 0.25) is 0 Å². The van der Waals surface area contributed by atoms with Gasteiger partial charge in [0.15, 0.2) is 0 Å². The van der Waals surface area contributed by atoms with Crippen LogP contribution in [0, 0.1) is 5.82 Å². The average molecular weight is 626 g/mol. The quantitative estimate of drug-likeness (QED) is 0.426. The molecule has 0 saturated carbocycles. The molecule has 0 aliphatic carbocycles. The molecular weight excluding hydrogens is 591 g/mol. The van der Waals surface area contributed by atoms with Gasteiger partial charge in [-0.15, -0.1) is 0 Å². The molecule has 2 saturated heterocycles. The van der Waals surface area contributed by atoms with Crippen molar-refractivity contribution in [3.63, 3.8) is 0 Å². The lowest BCUT2D eigenvalue weighted by Crippen LogP contribution is -2.64. The summed E-state index contributed by atoms with van der Waals surface area (Å²) in [4.78, 5) is 20.0. The van der Waals surface area contributed by atoms with Gasteiger partial charge in [0.05, 0.1) is 13.2 Å². The smallest absolute Gasteiger partial charge is 0.253 e. The number of nitrogens with two attached hydrogens (primary N) is 1. The summed E-state index contributed by atoms with van der Waals surface area (Å²) in [5, 5.41) is 0. The molecule has 2 N–H and O–H groups in total. The summed E-state index contributed by atoms with van der Waals surface area (Å²) >= 11 is 6.93. The van der Waals surface area contributed by atoms with Gasteiger partial charge in [0.1, 0.15) is 5.82 Å². The molecule has 0 bridgehead atoms. The molecule has 0 unspecified atom stereocenters. The first-order chi connectivity index (χ1) is 17.3. The number of likely N-dealkylation sites (N-methyl/N-ethyl adjacent to an activating group) is 1. The Kier molecular flexibility index (Phi) is 9.94. The Morgan fingerprint density at radius 2 is 1.89 bits per heavy atom. The van der Waals surface area contributed by atoms with E-state index < -0.39 is 0 Å². The molecule has 9 heteroatoms. The van der Waals surface area contributed by atoms with Gasteiger partial charge in [-0.05, 0) is 61.8 Å². The number of nitrogens with zero attached hydrogens (tertiary/aromatic N) is 3. The zero-order valence-electron chi connectivity index (χ0n) is 20.7. The van der Waals surface area contributed by atoms with Crippen LogP contribution < -0.4 is 5.73 Å². The highest BCUT2D eigenvalue weighted by molar-refractivity contribution is 9.11. The maximum atomic E-state index is 13.6. The first-order valence-electron chi connectivity index (χ1n) is 12.6. The fourth-order valence-corrected chi connectivity index (χ4v) is 6.57. The first-order valence-corrected chi connectivity index (χ1v) is 14.2. The predicted octanol–water partition coefficient (Wildman–Crippen LogP) is 4.33. The van der Waals surface area contributed by atoms with Gasteiger partial charge >= 0.3 is 0 Å². The number of morpholine rings is 1. The fraction of sp³-hybridized carbons (Fsp3) is 0.519. The number of halogens is 3. The number of likely N-dealkylation sites (tertiary alicyclic amines) is 1. The first kappa shape index (κ1) is 27.7. The van der Waals surface area contributed by atoms with Crippen molar-refractivity contribution in [2.24, 2.45) is 5.73 Å². The third-order valence-corrected chi connectivity index (χ3v) is 8.18. The van der Waals surface area contributed by atoms with E-state index in [9.17, 15) is 9.18 Å². The Bertz CT molecular complexity index is 997. The minimum absolute atomic E-state index is 0.0358. The van der Waals surface area contributed by atoms with Crippen molar-refractivity contribution >= 4 is 37.8 Å². The van der Waals surface area contributed by atoms with Gasteiger partial charge < -0.3 is 20.3 Å². The number of ether oxygens (including phenoxy) is 1. The lowest BCUT2D eigenvalue weighted by molar-refractivity contribution is -0.0700. The van der Waals surface area contributed by atoms with E-state index in [1.807, 2.05) is 37.4 Å². The largest absolute Gasteiger partial charge is 0.378 e. The molecule has 2 fully saturated rings. The van der Waals surface area contributed by atoms with Crippen LogP contribution in [-0.2, 0) is 4.74 Å². The number of rotatable bonds is 10. The van der Waals surface area contributed by atoms with Crippen LogP contribution in [0.5, 0.6) is 0 Å². The Balaban J connectivity index is 1.37. The number of hydrogen-bond donors (Lipinski definition) is 1. The van der Waals surface area contributed by atoms with Crippen LogP contribution in [-0.4, -0.2) is 92.2 Å². The maximum Gasteiger partial charge on any atom is 0.253 e. The Hall–Kier alpha value is -1.36. The number of hydrogen-bond acceptors (Lipinski definition) is 5. The summed E-state index contributed by atoms with van der Waals surface area (Å²) in [5.74, 6) is -0.169. The molecule has 2 atom stereocenters. The van der Waals surface area contributed by atoms with Crippen LogP contribution in [0.15, 0.2) is 51.4 Å². The summed E-state index contributed by atoms with van der Waals surface area (Å²) in [7, 11) is 1.84. The number of amides is 1. The van der Waals surface area contributed by atoms with Crippen LogP contribution in [0.1, 0.15) is 34.7 Å². The highest BCUT2D eigenvalue weighted by Crippen LogP contribution is 2.27. The lowest BCUT2D eigenvalue weighted by Gasteiger charge is -2.50. The van der Waals surface area contributed by atoms with Gasteiger partial charge in [0.2, 0.25) is 0 Å². The van der Waals surface area contributed by atoms with Gasteiger partial charge in [-0.1, -0.05) is 44.0 Å². The summed E-state index contributed by atoms with van der Waals surface area (Å²) < 4.78 is 21.0. The van der Waals surface area contributed by atoms with Crippen molar-refractivity contribution in [1.29, 1.82) is 0 Å². The molecule has 36 heavy (non-hydrogen) atoms. The van der Waals surface area contributed by atoms with Gasteiger partial charge in [-0.25, -0.2) is 4.39 Å². The van der Waals surface area contributed by atoms with Crippen LogP contribution in [0.25, 0.3) is 0 Å². The molecule has 1 amide bonds. The number of benzene rings is 2. The monoisotopic (exact) mass is 624 g/mol. The Labute approximate surface area is 230 Å². The van der Waals surface area contributed by atoms with Crippen molar-refractivity contribution in [1.82, 2.24) is 14.7 Å². The van der Waals surface area contributed by atoms with E-state index in [0.717, 1.165) is 66.7 Å². The normalized spacial score (nSPS) is 20.2. The molecule has 2 aliphatic rings. The predicted molar refractivity (Wildman–Crippen MR) is 148 cm³/mol. The Morgan fingerprint density at radius 3 is 2.56 bits per heavy atom. The molecule has 0 aromatic heterocycles. The zero-order valence-corrected chi connectivity index (χ0v) is 23.9. The molecule has 0 radical (unpaired) electrons. The molecule has 0 spiro atoms. The molecular formula is C27H35Br2FN4O2. The second kappa shape index (κ2) is 12.9. The Morgan fingerprint density at radius 1 is 1.19 bits per heavy atom. The van der Waals surface area contributed by atoms with Crippen molar-refractivity contribution in [2.45, 2.75) is 30.8 Å². The summed E-state index contributed by atoms with van der Waals surface area (Å²) in [5.41, 5.74) is 7.50. The highest BCUT2D eigenvalue weighted by atomic mass is 79.9. The fourth-order valence-electron chi connectivity index (χ4n) is 5.27. The second-order valence-corrected chi connectivity index (χ2v) is 11.7. The van der Waals surface area contributed by atoms with Crippen LogP contribution >= 0.6 is 31.9 Å². The second-order valence-electron chi connectivity index (χ2n) is 9.84. The van der Waals surface area contributed by atoms with Crippen molar-refractivity contribution in [3.05, 3.63) is 68.4 Å². The molecule has 2 aliphatic heterocycles. The summed E-state index contributed by atoms with van der Waals surface area (Å²) in [6.45, 7) is 6.80. The van der Waals surface area contributed by atoms with E-state index >= 15 is 0 Å². The third-order valence-electron chi connectivity index (χ3n) is 7.27. The minimum Gasteiger partial charge on any atom is -0.378 e. The molecule has 2 heterocycles. The zero-order chi connectivity index (χ0) is 25.7. The average Bonchev–Trinajstić information content (AvgIpc) is 2.82. The molecule has 196 valence electrons. The van der Waals surface area contributed by atoms with E-state index in [1.54, 1.807) is 4.90 Å². The van der Waals surface area contributed by atoms with E-state index in [2.05, 4.69) is 41.7 Å². The number of carbonyl (C=O) groups excluding carboxylic acids is 1. The SMILES string of the molecule is CN(C[C@@H](CCN1CC(N2CCOC[C@H]2CCN)C1)c1ccc(F)cc1)C(=O)c1cc(Br)cc(Br)c1. The van der Waals surface area contributed by atoms with Gasteiger partial charge in [0, 0.05) is 65.7 Å². The van der Waals surface area contributed by atoms with E-state index in [1.165, 1.54) is 12.1 Å². The molecule has 2 aromatic carbocycles. The van der Waals surface area contributed by atoms with Crippen molar-refractivity contribution in [2.75, 3.05) is 59.5 Å². The molecule has 6 nitrogen and oxygen atoms in total. The minimum atomic E-state index is -0.246. The maximum absolute atomic E-state index is 13.6. The van der Waals surface area contributed by atoms with Gasteiger partial charge in [0.25, 0.3) is 5.91 Å². The van der Waals surface area contributed by atoms with Crippen LogP contribution in [0.4, 0.5) is 4.39 Å². The van der Waals surface area contributed by atoms with E-state index in [-0.39, 0.29) is 17.6 Å². The topological polar surface area (TPSA) is 62.0 Å². The third kappa shape index (κ3) is 7.14. The van der Waals surface area contributed by atoms with Gasteiger partial charge in [-0.3, -0.25) is 9.69 Å². The lowest BCUT2D eigenvalue weighted by atomic mass is 9.93. The standard InChI is InChI=1S/C27H35Br2FN4O2/c1-32(27(35)21-12-22(28)14-23(29)13-21)15-20(19-2-4-24(30)5-3-19)7-9-33-16-26(17-33)34-10-11-36-18-25(34)6-8-31/h2-5,12-14,20,25-26H,6-11,15-18,31H2,1H3/t20-,25-/m1/s1. The summed E-state index contributed by atoms with van der Waals surface area (Å²) in [6.07, 6.45) is 1.87. The van der Waals surface area contributed by atoms with E-state index in [0.29, 0.717) is 30.7 Å². The van der Waals surface area contributed by atoms with Gasteiger partial charge in [-0.2, -0.15) is 0 Å². The number of carbonyl (C=O) groups is 1. The molecule has 4 rings (SSSR count). The van der Waals surface area contributed by atoms with Crippen LogP contribution in [0.3, 0.4) is 0 Å². The summed E-state index contributed by atoms with van der Waals surface area (Å²) in [6, 6.07) is 13.2. The highest BCUT2D eigenvalue weighted by Gasteiger charge is 2.36. The molecule has 2 aromatic rings.